The fourth-order valence-electron chi connectivity index (χ4n) is 12.0. The molecule has 43 nitrogen and oxygen atoms in total. The van der Waals surface area contributed by atoms with Crippen LogP contribution < -0.4 is 67.0 Å². The number of nitrogens with one attached hydrogen (secondary N) is 2. The fraction of sp³-hybridized carbons (Fsp3) is 0.181. The number of ether oxygens (including phenoxy) is 3. The number of hydrogen-bond acceptors (Lipinski definition) is 41. The Labute approximate surface area is 722 Å². The summed E-state index contributed by atoms with van der Waals surface area (Å²) in [5.74, 6) is 0.295. The van der Waals surface area contributed by atoms with E-state index in [1.165, 1.54) is 33.3 Å². The number of Topliss-reactive ketones (excluding diaryl/α,β-unsaturated/α-hetero) is 2. The van der Waals surface area contributed by atoms with Crippen LogP contribution in [0.3, 0.4) is 0 Å². The molecule has 0 saturated carbocycles. The third-order valence-corrected chi connectivity index (χ3v) is 18.9. The number of aryl methyl sites for hydroxylation is 7. The second-order valence-corrected chi connectivity index (χ2v) is 29.3. The van der Waals surface area contributed by atoms with E-state index >= 15 is 0 Å². The minimum absolute atomic E-state index is 0.0499. The van der Waals surface area contributed by atoms with Crippen LogP contribution >= 0.6 is 7.60 Å². The molecule has 15 rings (SSSR count). The number of ketones is 2. The van der Waals surface area contributed by atoms with Gasteiger partial charge < -0.3 is 96.4 Å². The highest BCUT2D eigenvalue weighted by molar-refractivity contribution is 7.50. The molecule has 0 unspecified atom stereocenters. The minimum atomic E-state index is -4.08. The predicted octanol–water partition coefficient (Wildman–Crippen LogP) is 7.46. The van der Waals surface area contributed by atoms with Gasteiger partial charge in [-0.05, 0) is 117 Å². The van der Waals surface area contributed by atoms with Gasteiger partial charge in [-0.3, -0.25) is 14.2 Å². The molecule has 0 aliphatic rings. The molecule has 10 aromatic heterocycles. The zero-order chi connectivity index (χ0) is 91.2. The minimum Gasteiger partial charge on any atom is -0.508 e. The van der Waals surface area contributed by atoms with E-state index in [0.29, 0.717) is 141 Å². The molecule has 0 aliphatic carbocycles. The molecule has 0 radical (unpaired) electrons. The summed E-state index contributed by atoms with van der Waals surface area (Å²) in [6, 6.07) is 34.3. The van der Waals surface area contributed by atoms with Crippen molar-refractivity contribution in [1.29, 1.82) is 0 Å². The lowest BCUT2D eigenvalue weighted by Crippen LogP contribution is -2.15. The highest BCUT2D eigenvalue weighted by atomic mass is 31.2. The molecule has 24 N–H and O–H groups in total. The van der Waals surface area contributed by atoms with Gasteiger partial charge >= 0.3 is 19.5 Å². The quantitative estimate of drug-likeness (QED) is 0.00867. The molecule has 0 fully saturated rings. The van der Waals surface area contributed by atoms with Gasteiger partial charge in [-0.15, -0.1) is 0 Å². The number of nitrogens with zero attached hydrogens (tertiary/aromatic N) is 20. The number of methoxy groups -OCH3 is 2. The molecular weight excluding hydrogens is 1650 g/mol. The van der Waals surface area contributed by atoms with Gasteiger partial charge in [-0.1, -0.05) is 85.4 Å². The average molecular weight is 1740 g/mol. The summed E-state index contributed by atoms with van der Waals surface area (Å²) in [4.78, 5) is 147. The number of aromatic nitrogens is 20. The van der Waals surface area contributed by atoms with E-state index in [2.05, 4.69) is 122 Å². The van der Waals surface area contributed by atoms with Crippen LogP contribution in [0.4, 0.5) is 64.3 Å². The predicted molar refractivity (Wildman–Crippen MR) is 477 cm³/mol. The molecule has 0 amide bonds. The van der Waals surface area contributed by atoms with Gasteiger partial charge in [0, 0.05) is 35.5 Å². The Kier molecular flexibility index (Phi) is 29.9. The lowest BCUT2D eigenvalue weighted by atomic mass is 10.0. The van der Waals surface area contributed by atoms with Crippen molar-refractivity contribution < 1.29 is 58.0 Å². The maximum absolute atomic E-state index is 11.9. The van der Waals surface area contributed by atoms with Crippen molar-refractivity contribution in [2.45, 2.75) is 78.5 Å². The second-order valence-electron chi connectivity index (χ2n) is 27.7. The Morgan fingerprint density at radius 1 is 0.449 bits per heavy atom. The highest BCUT2D eigenvalue weighted by Crippen LogP contribution is 2.39. The van der Waals surface area contributed by atoms with E-state index in [4.69, 9.17) is 70.9 Å². The molecule has 10 heterocycles. The molecule has 0 saturated heterocycles. The van der Waals surface area contributed by atoms with Crippen LogP contribution in [-0.2, 0) is 81.4 Å². The van der Waals surface area contributed by atoms with E-state index in [0.717, 1.165) is 51.3 Å². The molecule has 0 atom stereocenters. The summed E-state index contributed by atoms with van der Waals surface area (Å²) >= 11 is 0. The largest absolute Gasteiger partial charge is 0.508 e. The number of benzene rings is 5. The Balaban J connectivity index is 0.000000154. The summed E-state index contributed by atoms with van der Waals surface area (Å²) in [6.45, 7) is 8.55. The number of nitrogen functional groups attached to an aromatic ring is 9. The summed E-state index contributed by atoms with van der Waals surface area (Å²) in [7, 11) is -1.58. The van der Waals surface area contributed by atoms with Crippen LogP contribution in [0, 0.1) is 6.92 Å². The second kappa shape index (κ2) is 41.7. The van der Waals surface area contributed by atoms with Crippen LogP contribution in [0.1, 0.15) is 102 Å². The van der Waals surface area contributed by atoms with Gasteiger partial charge in [-0.25, -0.2) is 69.4 Å². The molecule has 5 aromatic carbocycles. The van der Waals surface area contributed by atoms with E-state index in [9.17, 15) is 34.0 Å². The number of hydrogen-bond donors (Lipinski definition) is 15. The summed E-state index contributed by atoms with van der Waals surface area (Å²) < 4.78 is 25.8. The molecule has 0 aliphatic heterocycles. The van der Waals surface area contributed by atoms with Crippen molar-refractivity contribution in [3.05, 3.63) is 237 Å². The molecule has 15 aromatic rings. The SMILES string of the molecule is C=C(O)c1ccccc1CCc1cnc2nc(N)nc(N)c2n1.CC(=O)/C(O)=C/c1ccc(NCc2cnc3nc(N)nc(N)c3n2)cc1.CC(=O)c1cccc(CCc2cnc3nc(N)nc(N)c3n2)c1.COC(=O)COc1cc(NCc2cnc3nc(C)nc(N)c3n2)ccc1C(=O)OC.Nc1nc(N)c2nc(CCc3cccc(CP(=O)(O)O)c3)cnc2n1. The summed E-state index contributed by atoms with van der Waals surface area (Å²) in [6.07, 6.45) is 13.2. The first-order chi connectivity index (χ1) is 60.7. The number of rotatable bonds is 25. The lowest BCUT2D eigenvalue weighted by Gasteiger charge is -2.13. The average Bonchev–Trinajstić information content (AvgIpc) is 0.824. The van der Waals surface area contributed by atoms with Gasteiger partial charge in [0.1, 0.15) is 22.9 Å². The third-order valence-electron chi connectivity index (χ3n) is 18.1. The van der Waals surface area contributed by atoms with Crippen LogP contribution in [-0.4, -0.2) is 164 Å². The van der Waals surface area contributed by atoms with Crippen molar-refractivity contribution >= 4 is 163 Å². The molecule has 650 valence electrons. The number of carbonyl (C=O) groups is 4. The number of aliphatic hydroxyl groups is 2. The zero-order valence-corrected chi connectivity index (χ0v) is 69.7. The van der Waals surface area contributed by atoms with Gasteiger partial charge in [0.25, 0.3) is 0 Å². The van der Waals surface area contributed by atoms with Gasteiger partial charge in [0.15, 0.2) is 109 Å². The topological polar surface area (TPSA) is 710 Å². The lowest BCUT2D eigenvalue weighted by molar-refractivity contribution is -0.143. The van der Waals surface area contributed by atoms with E-state index in [1.54, 1.807) is 87.3 Å². The number of carbonyl (C=O) groups excluding carboxylic acids is 4. The first-order valence-corrected chi connectivity index (χ1v) is 40.0. The monoisotopic (exact) mass is 1740 g/mol. The first-order valence-electron chi connectivity index (χ1n) is 38.2. The van der Waals surface area contributed by atoms with E-state index in [-0.39, 0.29) is 100 Å². The molecule has 0 bridgehead atoms. The number of esters is 2. The highest BCUT2D eigenvalue weighted by Gasteiger charge is 2.20. The van der Waals surface area contributed by atoms with Crippen LogP contribution in [0.15, 0.2) is 159 Å². The maximum Gasteiger partial charge on any atom is 0.343 e. The standard InChI is InChI=1S/C19H20N6O5.C17H17N7O2.2C16H16N6O.C15H17N6O3P/c1-10-23-17(20)16-18(24-10)22-8-12(25-16)7-21-11-4-5-13(19(27)29-3)14(6-11)30-9-15(26)28-2;1-9(25)13(26)6-10-2-4-11(5-3-10)20-7-12-8-21-16-14(22-12)15(18)23-17(19)24-16;1-9(23)11-4-2-3-10(7-11)5-6-12-8-19-15-13(20-12)14(17)21-16(18)22-15;1-9(23)12-5-3-2-4-10(12)6-7-11-8-19-15-13(20-11)14(17)21-16(18)22-15;16-13-12-14(21-15(17)20-13)18-7-11(19-12)5-4-9-2-1-3-10(6-9)8-25(22,23)24/h4-6,8,21H,7,9H2,1-3H3,(H2,20,22,23,24);2-6,8,20,26H,7H2,1H3,(H4,18,19,21,23,24);2-4,7-8H,5-6H2,1H3,(H4,17,18,19,21,22);2-5,8,23H,1,6-7H2,(H4,17,18,19,21,22);1-3,6-7H,4-5,8H2,(H2,22,23,24)(H4,16,17,18,20,21)/b;13-6-;;;. The molecular formula is C83H86N31O12P. The molecule has 0 spiro atoms. The van der Waals surface area contributed by atoms with Crippen molar-refractivity contribution in [2.75, 3.05) is 83.1 Å². The van der Waals surface area contributed by atoms with Gasteiger partial charge in [-0.2, -0.15) is 39.9 Å². The fourth-order valence-corrected chi connectivity index (χ4v) is 12.7. The number of anilines is 11. The summed E-state index contributed by atoms with van der Waals surface area (Å²) in [5.41, 5.74) is 66.2. The van der Waals surface area contributed by atoms with Crippen molar-refractivity contribution in [1.82, 2.24) is 99.7 Å². The smallest absolute Gasteiger partial charge is 0.343 e. The number of nitrogens with two attached hydrogens (primary N) is 9. The Bertz CT molecular complexity index is 6720. The van der Waals surface area contributed by atoms with E-state index < -0.39 is 19.5 Å². The number of fused-ring (bicyclic) bond motifs is 5. The zero-order valence-electron chi connectivity index (χ0n) is 68.9. The van der Waals surface area contributed by atoms with E-state index in [1.807, 2.05) is 66.7 Å². The van der Waals surface area contributed by atoms with Crippen LogP contribution in [0.2, 0.25) is 0 Å². The number of allylic oxidation sites excluding steroid dienone is 1. The van der Waals surface area contributed by atoms with Crippen LogP contribution in [0.5, 0.6) is 5.75 Å². The summed E-state index contributed by atoms with van der Waals surface area (Å²) in [5, 5.41) is 25.5. The first kappa shape index (κ1) is 91.1. The Morgan fingerprint density at radius 2 is 0.874 bits per heavy atom. The Hall–Kier alpha value is -16.7. The molecule has 44 heteroatoms. The van der Waals surface area contributed by atoms with Crippen LogP contribution in [0.25, 0.3) is 67.7 Å². The molecule has 127 heavy (non-hydrogen) atoms. The van der Waals surface area contributed by atoms with Crippen molar-refractivity contribution in [2.24, 2.45) is 0 Å². The third kappa shape index (κ3) is 25.7. The normalized spacial score (nSPS) is 11.1. The Morgan fingerprint density at radius 3 is 1.34 bits per heavy atom. The van der Waals surface area contributed by atoms with Gasteiger partial charge in [0.05, 0.1) is 92.9 Å². The number of aliphatic hydroxyl groups excluding tert-OH is 2. The van der Waals surface area contributed by atoms with Crippen molar-refractivity contribution in [3.63, 3.8) is 0 Å². The van der Waals surface area contributed by atoms with Crippen molar-refractivity contribution in [3.8, 4) is 5.75 Å². The maximum atomic E-state index is 11.9. The van der Waals surface area contributed by atoms with Gasteiger partial charge in [0.2, 0.25) is 23.8 Å².